The Hall–Kier alpha value is -0.830. The molecule has 1 aliphatic carbocycles. The van der Waals surface area contributed by atoms with Gasteiger partial charge in [0.1, 0.15) is 16.8 Å². The van der Waals surface area contributed by atoms with E-state index in [1.165, 1.54) is 32.1 Å². The Morgan fingerprint density at radius 1 is 1.15 bits per heavy atom. The van der Waals surface area contributed by atoms with Crippen molar-refractivity contribution in [1.82, 2.24) is 9.97 Å². The van der Waals surface area contributed by atoms with Gasteiger partial charge < -0.3 is 4.90 Å². The van der Waals surface area contributed by atoms with Gasteiger partial charge >= 0.3 is 0 Å². The molecule has 2 fully saturated rings. The fourth-order valence-corrected chi connectivity index (χ4v) is 3.76. The second kappa shape index (κ2) is 5.18. The van der Waals surface area contributed by atoms with Crippen molar-refractivity contribution in [2.24, 2.45) is 5.92 Å². The third-order valence-electron chi connectivity index (χ3n) is 4.66. The van der Waals surface area contributed by atoms with E-state index in [9.17, 15) is 0 Å². The summed E-state index contributed by atoms with van der Waals surface area (Å²) >= 11 is 6.23. The van der Waals surface area contributed by atoms with Gasteiger partial charge in [-0.05, 0) is 25.2 Å². The summed E-state index contributed by atoms with van der Waals surface area (Å²) in [4.78, 5) is 11.7. The molecule has 0 aromatic carbocycles. The molecular formula is C16H24ClN3. The number of anilines is 1. The van der Waals surface area contributed by atoms with Crippen LogP contribution in [-0.2, 0) is 5.41 Å². The first-order chi connectivity index (χ1) is 9.45. The molecule has 2 unspecified atom stereocenters. The van der Waals surface area contributed by atoms with Crippen LogP contribution < -0.4 is 4.90 Å². The Kier molecular flexibility index (Phi) is 3.65. The van der Waals surface area contributed by atoms with Crippen molar-refractivity contribution >= 4 is 17.4 Å². The maximum atomic E-state index is 6.23. The Labute approximate surface area is 126 Å². The molecule has 2 heterocycles. The van der Waals surface area contributed by atoms with Gasteiger partial charge in [-0.15, -0.1) is 0 Å². The van der Waals surface area contributed by atoms with E-state index in [4.69, 9.17) is 16.6 Å². The van der Waals surface area contributed by atoms with Crippen LogP contribution in [0.15, 0.2) is 6.07 Å². The minimum Gasteiger partial charge on any atom is -0.353 e. The number of hydrogen-bond donors (Lipinski definition) is 0. The Morgan fingerprint density at radius 3 is 2.65 bits per heavy atom. The molecule has 1 saturated carbocycles. The molecule has 0 amide bonds. The molecule has 0 N–H and O–H groups in total. The van der Waals surface area contributed by atoms with Crippen molar-refractivity contribution in [2.45, 2.75) is 64.3 Å². The van der Waals surface area contributed by atoms with E-state index in [1.54, 1.807) is 0 Å². The average Bonchev–Trinajstić information content (AvgIpc) is 2.80. The Bertz CT molecular complexity index is 495. The average molecular weight is 294 g/mol. The van der Waals surface area contributed by atoms with Crippen LogP contribution in [0.1, 0.15) is 58.7 Å². The normalized spacial score (nSPS) is 26.7. The molecule has 1 saturated heterocycles. The second-order valence-electron chi connectivity index (χ2n) is 7.22. The molecule has 0 bridgehead atoms. The van der Waals surface area contributed by atoms with Crippen LogP contribution in [0.25, 0.3) is 0 Å². The first kappa shape index (κ1) is 14.1. The van der Waals surface area contributed by atoms with Crippen LogP contribution in [0.3, 0.4) is 0 Å². The third-order valence-corrected chi connectivity index (χ3v) is 4.85. The number of nitrogens with zero attached hydrogens (tertiary/aromatic N) is 3. The van der Waals surface area contributed by atoms with Crippen LogP contribution >= 0.6 is 11.6 Å². The quantitative estimate of drug-likeness (QED) is 0.727. The van der Waals surface area contributed by atoms with Crippen LogP contribution in [0.2, 0.25) is 5.15 Å². The summed E-state index contributed by atoms with van der Waals surface area (Å²) in [6.45, 7) is 7.52. The summed E-state index contributed by atoms with van der Waals surface area (Å²) in [6.07, 6.45) is 6.73. The highest BCUT2D eigenvalue weighted by atomic mass is 35.5. The number of rotatable bonds is 1. The lowest BCUT2D eigenvalue weighted by atomic mass is 9.85. The zero-order valence-electron chi connectivity index (χ0n) is 12.7. The zero-order chi connectivity index (χ0) is 14.3. The highest BCUT2D eigenvalue weighted by Gasteiger charge is 2.36. The largest absolute Gasteiger partial charge is 0.353 e. The summed E-state index contributed by atoms with van der Waals surface area (Å²) in [7, 11) is 0. The topological polar surface area (TPSA) is 29.0 Å². The van der Waals surface area contributed by atoms with Gasteiger partial charge in [-0.3, -0.25) is 0 Å². The van der Waals surface area contributed by atoms with Crippen LogP contribution in [0.4, 0.5) is 5.82 Å². The molecular weight excluding hydrogens is 270 g/mol. The molecule has 2 atom stereocenters. The SMILES string of the molecule is CC(C)(C)c1nc(Cl)cc(N2CCC3CCCCC32)n1. The van der Waals surface area contributed by atoms with Gasteiger partial charge in [0.05, 0.1) is 0 Å². The maximum absolute atomic E-state index is 6.23. The monoisotopic (exact) mass is 293 g/mol. The molecule has 0 radical (unpaired) electrons. The maximum Gasteiger partial charge on any atom is 0.137 e. The molecule has 0 spiro atoms. The predicted octanol–water partition coefficient (Wildman–Crippen LogP) is 4.20. The minimum absolute atomic E-state index is 0.0641. The highest BCUT2D eigenvalue weighted by Crippen LogP contribution is 2.39. The van der Waals surface area contributed by atoms with E-state index >= 15 is 0 Å². The molecule has 4 heteroatoms. The van der Waals surface area contributed by atoms with E-state index in [2.05, 4.69) is 30.7 Å². The van der Waals surface area contributed by atoms with E-state index < -0.39 is 0 Å². The fourth-order valence-electron chi connectivity index (χ4n) is 3.58. The van der Waals surface area contributed by atoms with Crippen molar-refractivity contribution in [1.29, 1.82) is 0 Å². The summed E-state index contributed by atoms with van der Waals surface area (Å²) < 4.78 is 0. The van der Waals surface area contributed by atoms with E-state index in [0.29, 0.717) is 11.2 Å². The summed E-state index contributed by atoms with van der Waals surface area (Å²) in [5, 5.41) is 0.569. The summed E-state index contributed by atoms with van der Waals surface area (Å²) in [5.41, 5.74) is -0.0641. The van der Waals surface area contributed by atoms with E-state index in [0.717, 1.165) is 24.1 Å². The smallest absolute Gasteiger partial charge is 0.137 e. The summed E-state index contributed by atoms with van der Waals surface area (Å²) in [6, 6.07) is 2.61. The molecule has 2 aliphatic rings. The van der Waals surface area contributed by atoms with E-state index in [1.807, 2.05) is 6.07 Å². The minimum atomic E-state index is -0.0641. The number of fused-ring (bicyclic) bond motifs is 1. The van der Waals surface area contributed by atoms with Crippen LogP contribution in [-0.4, -0.2) is 22.6 Å². The Morgan fingerprint density at radius 2 is 1.90 bits per heavy atom. The van der Waals surface area contributed by atoms with Gasteiger partial charge in [0.15, 0.2) is 0 Å². The lowest BCUT2D eigenvalue weighted by Gasteiger charge is -2.33. The predicted molar refractivity (Wildman–Crippen MR) is 83.5 cm³/mol. The first-order valence-electron chi connectivity index (χ1n) is 7.77. The second-order valence-corrected chi connectivity index (χ2v) is 7.60. The van der Waals surface area contributed by atoms with Crippen molar-refractivity contribution in [3.8, 4) is 0 Å². The third kappa shape index (κ3) is 2.65. The first-order valence-corrected chi connectivity index (χ1v) is 8.14. The van der Waals surface area contributed by atoms with Gasteiger partial charge in [-0.2, -0.15) is 0 Å². The standard InChI is InChI=1S/C16H24ClN3/c1-16(2,3)15-18-13(17)10-14(19-15)20-9-8-11-6-4-5-7-12(11)20/h10-12H,4-9H2,1-3H3. The van der Waals surface area contributed by atoms with Crippen molar-refractivity contribution in [2.75, 3.05) is 11.4 Å². The van der Waals surface area contributed by atoms with Crippen molar-refractivity contribution in [3.05, 3.63) is 17.0 Å². The molecule has 3 nitrogen and oxygen atoms in total. The molecule has 1 aliphatic heterocycles. The summed E-state index contributed by atoms with van der Waals surface area (Å²) in [5.74, 6) is 2.74. The van der Waals surface area contributed by atoms with Crippen molar-refractivity contribution in [3.63, 3.8) is 0 Å². The van der Waals surface area contributed by atoms with E-state index in [-0.39, 0.29) is 5.41 Å². The van der Waals surface area contributed by atoms with Gasteiger partial charge in [0.2, 0.25) is 0 Å². The molecule has 3 rings (SSSR count). The number of aromatic nitrogens is 2. The van der Waals surface area contributed by atoms with Crippen LogP contribution in [0, 0.1) is 5.92 Å². The molecule has 1 aromatic rings. The van der Waals surface area contributed by atoms with Gasteiger partial charge in [-0.1, -0.05) is 45.2 Å². The fraction of sp³-hybridized carbons (Fsp3) is 0.750. The number of hydrogen-bond acceptors (Lipinski definition) is 3. The molecule has 20 heavy (non-hydrogen) atoms. The molecule has 110 valence electrons. The lowest BCUT2D eigenvalue weighted by molar-refractivity contribution is 0.341. The van der Waals surface area contributed by atoms with Crippen LogP contribution in [0.5, 0.6) is 0 Å². The van der Waals surface area contributed by atoms with Gasteiger partial charge in [0.25, 0.3) is 0 Å². The van der Waals surface area contributed by atoms with Gasteiger partial charge in [-0.25, -0.2) is 9.97 Å². The molecule has 1 aromatic heterocycles. The highest BCUT2D eigenvalue weighted by molar-refractivity contribution is 6.29. The lowest BCUT2D eigenvalue weighted by Crippen LogP contribution is -2.35. The van der Waals surface area contributed by atoms with Gasteiger partial charge in [0, 0.05) is 24.1 Å². The Balaban J connectivity index is 1.92. The zero-order valence-corrected chi connectivity index (χ0v) is 13.5. The van der Waals surface area contributed by atoms with Crippen molar-refractivity contribution < 1.29 is 0 Å². The number of halogens is 1.